The van der Waals surface area contributed by atoms with E-state index in [0.29, 0.717) is 11.4 Å². The summed E-state index contributed by atoms with van der Waals surface area (Å²) in [4.78, 5) is 3.69. The molecule has 0 unspecified atom stereocenters. The molecular weight excluding hydrogens is 118 g/mol. The predicted octanol–water partition coefficient (Wildman–Crippen LogP) is -0.390. The van der Waals surface area contributed by atoms with Crippen LogP contribution in [0.15, 0.2) is 18.2 Å². The zero-order valence-corrected chi connectivity index (χ0v) is 4.84. The van der Waals surface area contributed by atoms with E-state index in [1.807, 2.05) is 0 Å². The highest BCUT2D eigenvalue weighted by atomic mass is 19.1. The van der Waals surface area contributed by atoms with Gasteiger partial charge in [-0.25, -0.2) is 4.98 Å². The first-order valence-corrected chi connectivity index (χ1v) is 2.60. The molecule has 0 bridgehead atoms. The minimum atomic E-state index is -0.551. The number of anilines is 1. The van der Waals surface area contributed by atoms with Crippen LogP contribution in [0.3, 0.4) is 0 Å². The Balaban J connectivity index is 2.94. The molecule has 0 spiro atoms. The van der Waals surface area contributed by atoms with Gasteiger partial charge in [-0.1, -0.05) is 6.07 Å². The topological polar surface area (TPSA) is 38.9 Å². The molecule has 0 saturated heterocycles. The molecule has 2 nitrogen and oxygen atoms in total. The van der Waals surface area contributed by atoms with Crippen LogP contribution in [0.1, 0.15) is 0 Å². The minimum absolute atomic E-state index is 0.366. The van der Waals surface area contributed by atoms with Crippen molar-refractivity contribution in [3.8, 4) is 0 Å². The molecule has 0 aromatic carbocycles. The summed E-state index contributed by atoms with van der Waals surface area (Å²) in [5.41, 5.74) is 5.64. The molecule has 0 atom stereocenters. The number of halogens is 1. The predicted molar refractivity (Wildman–Crippen MR) is 36.5 cm³/mol. The lowest BCUT2D eigenvalue weighted by Gasteiger charge is -1.91. The van der Waals surface area contributed by atoms with Gasteiger partial charge in [-0.05, 0) is 12.1 Å². The van der Waals surface area contributed by atoms with Crippen molar-refractivity contribution in [2.45, 2.75) is 0 Å². The molecule has 1 aromatic rings. The summed E-state index contributed by atoms with van der Waals surface area (Å²) in [6, 6.07) is 4.90. The van der Waals surface area contributed by atoms with Crippen LogP contribution in [-0.4, -0.2) is 12.5 Å². The summed E-state index contributed by atoms with van der Waals surface area (Å²) in [6.45, 7) is 0. The molecule has 0 aliphatic carbocycles. The van der Waals surface area contributed by atoms with E-state index in [4.69, 9.17) is 5.73 Å². The number of hydrogen-bond donors (Lipinski definition) is 1. The molecule has 9 heavy (non-hydrogen) atoms. The van der Waals surface area contributed by atoms with Gasteiger partial charge in [0.15, 0.2) is 0 Å². The van der Waals surface area contributed by atoms with Gasteiger partial charge in [-0.15, -0.1) is 0 Å². The Morgan fingerprint density at radius 2 is 2.33 bits per heavy atom. The van der Waals surface area contributed by atoms with Gasteiger partial charge in [0, 0.05) is 5.59 Å². The van der Waals surface area contributed by atoms with E-state index in [1.54, 1.807) is 18.2 Å². The van der Waals surface area contributed by atoms with Crippen molar-refractivity contribution < 1.29 is 4.32 Å². The lowest BCUT2D eigenvalue weighted by molar-refractivity contribution is 0.882. The summed E-state index contributed by atoms with van der Waals surface area (Å²) >= 11 is 0. The highest BCUT2D eigenvalue weighted by Crippen LogP contribution is 1.88. The average Bonchev–Trinajstić information content (AvgIpc) is 1.88. The van der Waals surface area contributed by atoms with Gasteiger partial charge in [0.2, 0.25) is 0 Å². The van der Waals surface area contributed by atoms with Crippen LogP contribution in [0, 0.1) is 0 Å². The highest BCUT2D eigenvalue weighted by molar-refractivity contribution is 6.44. The van der Waals surface area contributed by atoms with Crippen LogP contribution in [0.5, 0.6) is 0 Å². The van der Waals surface area contributed by atoms with Crippen molar-refractivity contribution >= 4 is 19.0 Å². The largest absolute Gasteiger partial charge is 0.384 e. The van der Waals surface area contributed by atoms with Crippen molar-refractivity contribution in [3.63, 3.8) is 0 Å². The van der Waals surface area contributed by atoms with E-state index in [2.05, 4.69) is 4.98 Å². The molecule has 2 N–H and O–H groups in total. The Morgan fingerprint density at radius 1 is 1.56 bits per heavy atom. The van der Waals surface area contributed by atoms with Crippen LogP contribution in [0.2, 0.25) is 0 Å². The molecule has 0 fully saturated rings. The molecule has 0 amide bonds. The Hall–Kier alpha value is -1.06. The van der Waals surface area contributed by atoms with E-state index >= 15 is 0 Å². The summed E-state index contributed by atoms with van der Waals surface area (Å²) in [7, 11) is -0.551. The summed E-state index contributed by atoms with van der Waals surface area (Å²) < 4.78 is 11.8. The van der Waals surface area contributed by atoms with Gasteiger partial charge in [0.25, 0.3) is 0 Å². The molecule has 1 aromatic heterocycles. The van der Waals surface area contributed by atoms with Crippen LogP contribution < -0.4 is 11.3 Å². The first-order chi connectivity index (χ1) is 4.33. The number of nitrogen functional groups attached to an aromatic ring is 1. The van der Waals surface area contributed by atoms with Crippen LogP contribution in [0.25, 0.3) is 0 Å². The van der Waals surface area contributed by atoms with E-state index in [-0.39, 0.29) is 0 Å². The molecular formula is C5H6BFN2. The zero-order valence-electron chi connectivity index (χ0n) is 4.84. The van der Waals surface area contributed by atoms with Gasteiger partial charge in [-0.3, -0.25) is 0 Å². The van der Waals surface area contributed by atoms with E-state index in [9.17, 15) is 4.32 Å². The minimum Gasteiger partial charge on any atom is -0.384 e. The number of pyridine rings is 1. The number of rotatable bonds is 1. The Bertz CT molecular complexity index is 204. The van der Waals surface area contributed by atoms with Crippen molar-refractivity contribution in [2.24, 2.45) is 0 Å². The third-order valence-electron chi connectivity index (χ3n) is 0.965. The first kappa shape index (κ1) is 6.07. The van der Waals surface area contributed by atoms with E-state index in [1.165, 1.54) is 0 Å². The fourth-order valence-corrected chi connectivity index (χ4v) is 0.573. The number of nitrogens with zero attached hydrogens (tertiary/aromatic N) is 1. The molecule has 0 radical (unpaired) electrons. The van der Waals surface area contributed by atoms with Crippen LogP contribution >= 0.6 is 0 Å². The Kier molecular flexibility index (Phi) is 1.67. The standard InChI is InChI=1S/C5H6BFN2/c7-6-4-2-1-3-5(8)9-4/h1-3,6H,(H2,8,9). The summed E-state index contributed by atoms with van der Waals surface area (Å²) in [6.07, 6.45) is 0. The Morgan fingerprint density at radius 3 is 2.78 bits per heavy atom. The van der Waals surface area contributed by atoms with Gasteiger partial charge in [-0.2, -0.15) is 0 Å². The third-order valence-corrected chi connectivity index (χ3v) is 0.965. The maximum absolute atomic E-state index is 11.8. The van der Waals surface area contributed by atoms with Crippen molar-refractivity contribution in [1.29, 1.82) is 0 Å². The lowest BCUT2D eigenvalue weighted by atomic mass is 9.99. The summed E-state index contributed by atoms with van der Waals surface area (Å²) in [5, 5.41) is 0. The van der Waals surface area contributed by atoms with Crippen LogP contribution in [0.4, 0.5) is 10.1 Å². The molecule has 0 aliphatic rings. The van der Waals surface area contributed by atoms with Gasteiger partial charge in [0.1, 0.15) is 5.82 Å². The molecule has 1 heterocycles. The SMILES string of the molecule is Nc1cccc(BF)n1. The van der Waals surface area contributed by atoms with Gasteiger partial charge >= 0.3 is 7.56 Å². The lowest BCUT2D eigenvalue weighted by Crippen LogP contribution is -2.14. The second-order valence-corrected chi connectivity index (χ2v) is 1.69. The number of hydrogen-bond acceptors (Lipinski definition) is 2. The molecule has 0 saturated carbocycles. The maximum Gasteiger partial charge on any atom is 0.382 e. The molecule has 46 valence electrons. The van der Waals surface area contributed by atoms with E-state index < -0.39 is 7.56 Å². The van der Waals surface area contributed by atoms with Crippen LogP contribution in [-0.2, 0) is 0 Å². The van der Waals surface area contributed by atoms with E-state index in [0.717, 1.165) is 0 Å². The number of nitrogens with two attached hydrogens (primary N) is 1. The third kappa shape index (κ3) is 1.42. The van der Waals surface area contributed by atoms with Crippen molar-refractivity contribution in [3.05, 3.63) is 18.2 Å². The molecule has 0 aliphatic heterocycles. The zero-order chi connectivity index (χ0) is 6.69. The fraction of sp³-hybridized carbons (Fsp3) is 0. The fourth-order valence-electron chi connectivity index (χ4n) is 0.573. The summed E-state index contributed by atoms with van der Waals surface area (Å²) in [5.74, 6) is 0.366. The maximum atomic E-state index is 11.8. The number of aromatic nitrogens is 1. The molecule has 4 heteroatoms. The van der Waals surface area contributed by atoms with Crippen molar-refractivity contribution in [2.75, 3.05) is 5.73 Å². The van der Waals surface area contributed by atoms with Crippen molar-refractivity contribution in [1.82, 2.24) is 4.98 Å². The molecule has 1 rings (SSSR count). The smallest absolute Gasteiger partial charge is 0.382 e. The quantitative estimate of drug-likeness (QED) is 0.517. The monoisotopic (exact) mass is 124 g/mol. The first-order valence-electron chi connectivity index (χ1n) is 2.60. The second-order valence-electron chi connectivity index (χ2n) is 1.69. The normalized spacial score (nSPS) is 9.00. The average molecular weight is 124 g/mol. The van der Waals surface area contributed by atoms with Gasteiger partial charge < -0.3 is 10.0 Å². The van der Waals surface area contributed by atoms with Gasteiger partial charge in [0.05, 0.1) is 0 Å². The second kappa shape index (κ2) is 2.48. The highest BCUT2D eigenvalue weighted by Gasteiger charge is 1.93. The Labute approximate surface area is 53.2 Å².